The van der Waals surface area contributed by atoms with Crippen molar-refractivity contribution >= 4 is 55.5 Å². The summed E-state index contributed by atoms with van der Waals surface area (Å²) in [5.74, 6) is -0.833. The van der Waals surface area contributed by atoms with Crippen molar-refractivity contribution in [2.75, 3.05) is 12.0 Å². The maximum atomic E-state index is 10.1. The minimum Gasteiger partial charge on any atom is -1.00 e. The number of rotatable bonds is 4. The fourth-order valence-electron chi connectivity index (χ4n) is 0.365. The van der Waals surface area contributed by atoms with Crippen LogP contribution in [0.3, 0.4) is 0 Å². The number of hydrogen-bond donors (Lipinski definition) is 3. The third-order valence-corrected chi connectivity index (χ3v) is 1.67. The summed E-state index contributed by atoms with van der Waals surface area (Å²) in [5.41, 5.74) is 2.94. The first-order chi connectivity index (χ1) is 4.50. The van der Waals surface area contributed by atoms with Gasteiger partial charge < -0.3 is 13.1 Å². The van der Waals surface area contributed by atoms with E-state index >= 15 is 0 Å². The molecule has 0 aromatic carbocycles. The molecule has 1 unspecified atom stereocenters. The fourth-order valence-corrected chi connectivity index (χ4v) is 0.880. The van der Waals surface area contributed by atoms with E-state index in [1.807, 2.05) is 6.26 Å². The quantitative estimate of drug-likeness (QED) is 0.420. The van der Waals surface area contributed by atoms with Crippen LogP contribution >= 0.6 is 11.8 Å². The van der Waals surface area contributed by atoms with Gasteiger partial charge in [-0.1, -0.05) is 0 Å². The van der Waals surface area contributed by atoms with Gasteiger partial charge in [-0.15, -0.1) is 0 Å². The zero-order valence-electron chi connectivity index (χ0n) is 8.41. The minimum atomic E-state index is -2.05. The van der Waals surface area contributed by atoms with Crippen molar-refractivity contribution in [3.8, 4) is 0 Å². The first-order valence-corrected chi connectivity index (χ1v) is 4.13. The molecule has 4 nitrogen and oxygen atoms in total. The number of nitrogens with two attached hydrogens (primary N) is 1. The van der Waals surface area contributed by atoms with Gasteiger partial charge in [0.25, 0.3) is 0 Å². The third kappa shape index (κ3) is 6.19. The Hall–Kier alpha value is 1.000. The molecular weight excluding hydrogens is 194 g/mol. The molecule has 0 saturated carbocycles. The maximum absolute atomic E-state index is 10.1. The topological polar surface area (TPSA) is 83.5 Å². The van der Waals surface area contributed by atoms with Crippen molar-refractivity contribution in [2.24, 2.45) is 5.73 Å². The summed E-state index contributed by atoms with van der Waals surface area (Å²) in [6.07, 6.45) is 1.89. The predicted octanol–water partition coefficient (Wildman–Crippen LogP) is -0.684. The largest absolute Gasteiger partial charge is 2.00 e. The second kappa shape index (κ2) is 6.51. The summed E-state index contributed by atoms with van der Waals surface area (Å²) in [6, 6.07) is 0. The first-order valence-electron chi connectivity index (χ1n) is 2.74. The fraction of sp³-hybridized carbons (Fsp3) is 0.800. The molecule has 6 heteroatoms. The number of carboxylic acid groups (broad SMARTS) is 1. The van der Waals surface area contributed by atoms with Crippen molar-refractivity contribution in [1.29, 1.82) is 0 Å². The van der Waals surface area contributed by atoms with Crippen LogP contribution in [-0.4, -0.2) is 71.7 Å². The monoisotopic (exact) mass is 207 g/mol. The Bertz CT molecular complexity index is 139. The third-order valence-electron chi connectivity index (χ3n) is 1.06. The molecule has 0 heterocycles. The minimum absolute atomic E-state index is 0. The van der Waals surface area contributed by atoms with Gasteiger partial charge in [0, 0.05) is 6.42 Å². The molecule has 4 N–H and O–H groups in total. The van der Waals surface area contributed by atoms with Crippen molar-refractivity contribution in [2.45, 2.75) is 12.1 Å². The Morgan fingerprint density at radius 2 is 2.27 bits per heavy atom. The Morgan fingerprint density at radius 1 is 1.82 bits per heavy atom. The maximum Gasteiger partial charge on any atom is 2.00 e. The summed E-state index contributed by atoms with van der Waals surface area (Å²) in [4.78, 5) is 10.1. The molecule has 0 rings (SSSR count). The normalized spacial score (nSPS) is 14.8. The number of hydrogen-bond acceptors (Lipinski definition) is 4. The van der Waals surface area contributed by atoms with Crippen LogP contribution in [0, 0.1) is 0 Å². The van der Waals surface area contributed by atoms with Gasteiger partial charge in [0.05, 0.1) is 0 Å². The molecule has 0 fully saturated rings. The first kappa shape index (κ1) is 14.5. The average molecular weight is 207 g/mol. The number of carbonyl (C=O) groups is 1. The van der Waals surface area contributed by atoms with Crippen molar-refractivity contribution < 1.29 is 17.9 Å². The van der Waals surface area contributed by atoms with E-state index in [9.17, 15) is 4.79 Å². The standard InChI is InChI=1S/C5H11NO3S.Ca.2H/c1-10-3-2-5(6,9)4(7)8;;;/h9H,2-3,6H2,1H3,(H,7,8);;;/q;+2;2*-1. The molecule has 0 amide bonds. The van der Waals surface area contributed by atoms with Crippen molar-refractivity contribution in [3.05, 3.63) is 0 Å². The molecule has 0 spiro atoms. The predicted molar refractivity (Wildman–Crippen MR) is 47.8 cm³/mol. The number of aliphatic carboxylic acids is 1. The van der Waals surface area contributed by atoms with Crippen molar-refractivity contribution in [3.63, 3.8) is 0 Å². The SMILES string of the molecule is CSCCC(N)(O)C(=O)O.[Ca+2].[H-].[H-]. The second-order valence-electron chi connectivity index (χ2n) is 1.97. The van der Waals surface area contributed by atoms with Crippen LogP contribution < -0.4 is 5.73 Å². The summed E-state index contributed by atoms with van der Waals surface area (Å²) < 4.78 is 0. The van der Waals surface area contributed by atoms with Gasteiger partial charge in [-0.05, 0) is 12.0 Å². The number of aliphatic hydroxyl groups is 1. The molecule has 0 radical (unpaired) electrons. The van der Waals surface area contributed by atoms with Gasteiger partial charge in [0.15, 0.2) is 0 Å². The van der Waals surface area contributed by atoms with E-state index in [-0.39, 0.29) is 47.0 Å². The molecule has 0 aliphatic rings. The van der Waals surface area contributed by atoms with Gasteiger partial charge >= 0.3 is 43.7 Å². The van der Waals surface area contributed by atoms with E-state index in [1.54, 1.807) is 0 Å². The Kier molecular flexibility index (Phi) is 8.59. The van der Waals surface area contributed by atoms with E-state index in [1.165, 1.54) is 11.8 Å². The van der Waals surface area contributed by atoms with Crippen LogP contribution in [0.4, 0.5) is 0 Å². The van der Waals surface area contributed by atoms with E-state index in [2.05, 4.69) is 0 Å². The van der Waals surface area contributed by atoms with Gasteiger partial charge in [-0.3, -0.25) is 5.73 Å². The van der Waals surface area contributed by atoms with Crippen molar-refractivity contribution in [1.82, 2.24) is 0 Å². The Balaban J connectivity index is -0.000000135. The molecule has 0 aliphatic heterocycles. The summed E-state index contributed by atoms with van der Waals surface area (Å²) in [5, 5.41) is 17.2. The van der Waals surface area contributed by atoms with Crippen LogP contribution in [0.25, 0.3) is 0 Å². The van der Waals surface area contributed by atoms with Gasteiger partial charge in [0.2, 0.25) is 5.72 Å². The van der Waals surface area contributed by atoms with Crippen LogP contribution in [0.2, 0.25) is 0 Å². The molecule has 1 atom stereocenters. The van der Waals surface area contributed by atoms with E-state index in [0.717, 1.165) is 0 Å². The molecule has 0 aliphatic carbocycles. The number of thioether (sulfide) groups is 1. The molecule has 0 aromatic heterocycles. The number of carboxylic acids is 1. The molecule has 0 aromatic rings. The average Bonchev–Trinajstić information content (AvgIpc) is 1.84. The van der Waals surface area contributed by atoms with Gasteiger partial charge in [0.1, 0.15) is 0 Å². The summed E-state index contributed by atoms with van der Waals surface area (Å²) >= 11 is 1.44. The van der Waals surface area contributed by atoms with Crippen LogP contribution in [-0.2, 0) is 4.79 Å². The zero-order valence-corrected chi connectivity index (χ0v) is 9.43. The summed E-state index contributed by atoms with van der Waals surface area (Å²) in [7, 11) is 0. The Labute approximate surface area is 102 Å². The van der Waals surface area contributed by atoms with Crippen LogP contribution in [0.1, 0.15) is 9.27 Å². The molecule has 64 valence electrons. The molecule has 0 saturated heterocycles. The molecule has 11 heavy (non-hydrogen) atoms. The molecule has 0 bridgehead atoms. The second-order valence-corrected chi connectivity index (χ2v) is 2.96. The van der Waals surface area contributed by atoms with Gasteiger partial charge in [-0.25, -0.2) is 4.79 Å². The van der Waals surface area contributed by atoms with E-state index in [4.69, 9.17) is 15.9 Å². The smallest absolute Gasteiger partial charge is 1.00 e. The van der Waals surface area contributed by atoms with E-state index in [0.29, 0.717) is 5.75 Å². The zero-order chi connectivity index (χ0) is 8.20. The molecular formula is C5H13CaNO3S. The summed E-state index contributed by atoms with van der Waals surface area (Å²) in [6.45, 7) is 0. The van der Waals surface area contributed by atoms with Gasteiger partial charge in [-0.2, -0.15) is 11.8 Å². The van der Waals surface area contributed by atoms with Crippen LogP contribution in [0.5, 0.6) is 0 Å². The van der Waals surface area contributed by atoms with Crippen LogP contribution in [0.15, 0.2) is 0 Å². The Morgan fingerprint density at radius 3 is 2.55 bits per heavy atom. The van der Waals surface area contributed by atoms with E-state index < -0.39 is 11.7 Å².